The fraction of sp³-hybridized carbons (Fsp3) is 0.562. The van der Waals surface area contributed by atoms with Crippen LogP contribution in [0.1, 0.15) is 44.9 Å². The molecular weight excluding hydrogens is 302 g/mol. The van der Waals surface area contributed by atoms with Crippen molar-refractivity contribution < 1.29 is 9.59 Å². The summed E-state index contributed by atoms with van der Waals surface area (Å²) < 4.78 is 0. The van der Waals surface area contributed by atoms with Crippen LogP contribution in [0, 0.1) is 13.8 Å². The van der Waals surface area contributed by atoms with Crippen LogP contribution in [0.3, 0.4) is 0 Å². The second-order valence-electron chi connectivity index (χ2n) is 5.42. The van der Waals surface area contributed by atoms with Gasteiger partial charge < -0.3 is 4.90 Å². The van der Waals surface area contributed by atoms with Gasteiger partial charge in [-0.25, -0.2) is 14.7 Å². The molecule has 0 N–H and O–H groups in total. The first-order valence-corrected chi connectivity index (χ1v) is 7.50. The van der Waals surface area contributed by atoms with Gasteiger partial charge in [-0.2, -0.15) is 0 Å². The Bertz CT molecular complexity index is 589. The van der Waals surface area contributed by atoms with Crippen molar-refractivity contribution in [3.8, 4) is 0 Å². The maximum atomic E-state index is 12.6. The first-order chi connectivity index (χ1) is 9.88. The molecule has 0 bridgehead atoms. The van der Waals surface area contributed by atoms with E-state index in [0.29, 0.717) is 23.0 Å². The molecule has 0 spiro atoms. The van der Waals surface area contributed by atoms with Crippen LogP contribution in [0.2, 0.25) is 5.02 Å². The molecule has 1 aliphatic heterocycles. The van der Waals surface area contributed by atoms with Gasteiger partial charge in [-0.3, -0.25) is 4.79 Å². The van der Waals surface area contributed by atoms with Gasteiger partial charge in [-0.15, -0.1) is 0 Å². The highest BCUT2D eigenvalue weighted by Crippen LogP contribution is 2.29. The van der Waals surface area contributed by atoms with Crippen LogP contribution in [0.25, 0.3) is 0 Å². The molecule has 0 aromatic carbocycles. The van der Waals surface area contributed by atoms with Gasteiger partial charge >= 0.3 is 6.03 Å². The largest absolute Gasteiger partial charge is 0.333 e. The van der Waals surface area contributed by atoms with Crippen molar-refractivity contribution in [2.75, 3.05) is 11.9 Å². The van der Waals surface area contributed by atoms with Crippen LogP contribution in [-0.4, -0.2) is 34.9 Å². The number of urea groups is 1. The first kappa shape index (κ1) is 18.4. The summed E-state index contributed by atoms with van der Waals surface area (Å²) in [6.45, 7) is 5.62. The molecule has 1 aliphatic rings. The minimum atomic E-state index is -0.394. The number of anilines is 1. The summed E-state index contributed by atoms with van der Waals surface area (Å²) in [5, 5.41) is 0.534. The summed E-state index contributed by atoms with van der Waals surface area (Å²) in [5.74, 6) is 0.186. The predicted molar refractivity (Wildman–Crippen MR) is 89.4 cm³/mol. The number of likely N-dealkylation sites (N-methyl/N-ethyl adjacent to an activating group) is 1. The molecule has 1 atom stereocenters. The zero-order valence-electron chi connectivity index (χ0n) is 12.8. The van der Waals surface area contributed by atoms with Crippen LogP contribution < -0.4 is 4.90 Å². The molecular formula is C16H24ClN3O2. The minimum Gasteiger partial charge on any atom is -0.315 e. The molecule has 0 saturated carbocycles. The van der Waals surface area contributed by atoms with Gasteiger partial charge in [0.1, 0.15) is 11.9 Å². The maximum Gasteiger partial charge on any atom is 0.333 e. The van der Waals surface area contributed by atoms with Crippen molar-refractivity contribution in [3.05, 3.63) is 22.3 Å². The van der Waals surface area contributed by atoms with E-state index in [0.717, 1.165) is 18.4 Å². The number of hydrogen-bond donors (Lipinski definition) is 0. The SMILES string of the molecule is C.CCCCC1C(=O)N(c2nc(C)c(Cl)cc2C)C(=O)N1C. The highest BCUT2D eigenvalue weighted by atomic mass is 35.5. The number of unbranched alkanes of at least 4 members (excludes halogenated alkanes) is 1. The number of pyridine rings is 1. The summed E-state index contributed by atoms with van der Waals surface area (Å²) >= 11 is 6.03. The number of carbonyl (C=O) groups is 2. The molecule has 1 aromatic rings. The van der Waals surface area contributed by atoms with E-state index in [1.165, 1.54) is 9.80 Å². The third-order valence-corrected chi connectivity index (χ3v) is 4.21. The van der Waals surface area contributed by atoms with E-state index in [2.05, 4.69) is 11.9 Å². The Kier molecular flexibility index (Phi) is 5.94. The highest BCUT2D eigenvalue weighted by Gasteiger charge is 2.44. The number of imide groups is 1. The van der Waals surface area contributed by atoms with E-state index in [1.807, 2.05) is 0 Å². The zero-order valence-corrected chi connectivity index (χ0v) is 13.6. The standard InChI is InChI=1S/C15H20ClN3O2.CH4/c1-5-6-7-12-14(20)19(15(21)18(12)4)13-9(2)8-11(16)10(3)17-13;/h8,12H,5-7H2,1-4H3;1H4. The Balaban J connectivity index is 0.00000242. The number of amides is 3. The Labute approximate surface area is 137 Å². The van der Waals surface area contributed by atoms with E-state index >= 15 is 0 Å². The molecule has 0 aliphatic carbocycles. The second kappa shape index (κ2) is 7.09. The summed E-state index contributed by atoms with van der Waals surface area (Å²) in [7, 11) is 1.67. The summed E-state index contributed by atoms with van der Waals surface area (Å²) in [4.78, 5) is 32.0. The Hall–Kier alpha value is -1.62. The Morgan fingerprint density at radius 3 is 2.55 bits per heavy atom. The smallest absolute Gasteiger partial charge is 0.315 e. The molecule has 1 fully saturated rings. The lowest BCUT2D eigenvalue weighted by Crippen LogP contribution is -2.33. The van der Waals surface area contributed by atoms with Crippen molar-refractivity contribution in [1.29, 1.82) is 0 Å². The zero-order chi connectivity index (χ0) is 15.7. The van der Waals surface area contributed by atoms with Crippen molar-refractivity contribution in [2.45, 2.75) is 53.5 Å². The first-order valence-electron chi connectivity index (χ1n) is 7.13. The number of aryl methyl sites for hydroxylation is 2. The monoisotopic (exact) mass is 325 g/mol. The number of rotatable bonds is 4. The van der Waals surface area contributed by atoms with E-state index in [1.54, 1.807) is 27.0 Å². The lowest BCUT2D eigenvalue weighted by molar-refractivity contribution is -0.119. The van der Waals surface area contributed by atoms with Crippen LogP contribution in [0.5, 0.6) is 0 Å². The van der Waals surface area contributed by atoms with Gasteiger partial charge in [0.25, 0.3) is 5.91 Å². The molecule has 1 aromatic heterocycles. The molecule has 0 radical (unpaired) electrons. The number of aromatic nitrogens is 1. The van der Waals surface area contributed by atoms with E-state index in [-0.39, 0.29) is 19.4 Å². The van der Waals surface area contributed by atoms with E-state index < -0.39 is 6.04 Å². The number of hydrogen-bond acceptors (Lipinski definition) is 3. The minimum absolute atomic E-state index is 0. The predicted octanol–water partition coefficient (Wildman–Crippen LogP) is 3.95. The van der Waals surface area contributed by atoms with Gasteiger partial charge in [0.15, 0.2) is 0 Å². The maximum absolute atomic E-state index is 12.6. The van der Waals surface area contributed by atoms with Crippen molar-refractivity contribution in [1.82, 2.24) is 9.88 Å². The highest BCUT2D eigenvalue weighted by molar-refractivity contribution is 6.31. The number of carbonyl (C=O) groups excluding carboxylic acids is 2. The molecule has 2 heterocycles. The van der Waals surface area contributed by atoms with Gasteiger partial charge in [0.2, 0.25) is 0 Å². The molecule has 5 nitrogen and oxygen atoms in total. The third-order valence-electron chi connectivity index (χ3n) is 3.82. The van der Waals surface area contributed by atoms with Gasteiger partial charge in [0, 0.05) is 7.05 Å². The van der Waals surface area contributed by atoms with E-state index in [9.17, 15) is 9.59 Å². The van der Waals surface area contributed by atoms with Crippen LogP contribution >= 0.6 is 11.6 Å². The average Bonchev–Trinajstić information content (AvgIpc) is 2.64. The normalized spacial score (nSPS) is 18.0. The van der Waals surface area contributed by atoms with Gasteiger partial charge in [-0.1, -0.05) is 38.8 Å². The quantitative estimate of drug-likeness (QED) is 0.788. The molecule has 1 saturated heterocycles. The lowest BCUT2D eigenvalue weighted by Gasteiger charge is -2.16. The van der Waals surface area contributed by atoms with Crippen LogP contribution in [0.15, 0.2) is 6.07 Å². The topological polar surface area (TPSA) is 53.5 Å². The Morgan fingerprint density at radius 1 is 1.32 bits per heavy atom. The van der Waals surface area contributed by atoms with Crippen molar-refractivity contribution >= 4 is 29.4 Å². The van der Waals surface area contributed by atoms with Crippen molar-refractivity contribution in [3.63, 3.8) is 0 Å². The third kappa shape index (κ3) is 3.09. The average molecular weight is 326 g/mol. The second-order valence-corrected chi connectivity index (χ2v) is 5.83. The number of nitrogens with zero attached hydrogens (tertiary/aromatic N) is 3. The summed E-state index contributed by atoms with van der Waals surface area (Å²) in [6, 6.07) is 1.02. The summed E-state index contributed by atoms with van der Waals surface area (Å²) in [6.07, 6.45) is 2.58. The fourth-order valence-electron chi connectivity index (χ4n) is 2.50. The van der Waals surface area contributed by atoms with Gasteiger partial charge in [-0.05, 0) is 31.9 Å². The molecule has 22 heavy (non-hydrogen) atoms. The van der Waals surface area contributed by atoms with Crippen LogP contribution in [-0.2, 0) is 4.79 Å². The Morgan fingerprint density at radius 2 is 1.95 bits per heavy atom. The molecule has 1 unspecified atom stereocenters. The van der Waals surface area contributed by atoms with Gasteiger partial charge in [0.05, 0.1) is 10.7 Å². The van der Waals surface area contributed by atoms with Crippen LogP contribution in [0.4, 0.5) is 10.6 Å². The molecule has 3 amide bonds. The van der Waals surface area contributed by atoms with E-state index in [4.69, 9.17) is 11.6 Å². The molecule has 6 heteroatoms. The van der Waals surface area contributed by atoms with Crippen molar-refractivity contribution in [2.24, 2.45) is 0 Å². The molecule has 122 valence electrons. The lowest BCUT2D eigenvalue weighted by atomic mass is 10.1. The summed E-state index contributed by atoms with van der Waals surface area (Å²) in [5.41, 5.74) is 1.33. The molecule has 2 rings (SSSR count). The number of halogens is 1. The fourth-order valence-corrected chi connectivity index (χ4v) is 2.70.